The standard InChI is InChI=1S/C13H18N2O4/c1-9-10(8-14-19-9)11(16)15-13(12(17)18)6-4-2-3-5-7-13/h8H,2-7H2,1H3,(H,15,16)(H,17,18). The minimum Gasteiger partial charge on any atom is -0.480 e. The van der Waals surface area contributed by atoms with E-state index >= 15 is 0 Å². The third-order valence-corrected chi connectivity index (χ3v) is 3.71. The smallest absolute Gasteiger partial charge is 0.329 e. The number of hydrogen-bond donors (Lipinski definition) is 2. The summed E-state index contributed by atoms with van der Waals surface area (Å²) in [7, 11) is 0. The summed E-state index contributed by atoms with van der Waals surface area (Å²) in [5.74, 6) is -0.994. The molecule has 1 aromatic rings. The number of amides is 1. The number of hydrogen-bond acceptors (Lipinski definition) is 4. The molecule has 0 aliphatic heterocycles. The zero-order valence-electron chi connectivity index (χ0n) is 10.9. The van der Waals surface area contributed by atoms with E-state index < -0.39 is 17.4 Å². The van der Waals surface area contributed by atoms with E-state index in [1.165, 1.54) is 6.20 Å². The Bertz CT molecular complexity index is 473. The van der Waals surface area contributed by atoms with Gasteiger partial charge in [0, 0.05) is 0 Å². The molecule has 1 aliphatic rings. The molecule has 1 aliphatic carbocycles. The van der Waals surface area contributed by atoms with Gasteiger partial charge in [0.05, 0.1) is 6.20 Å². The number of carboxylic acids is 1. The first-order valence-electron chi connectivity index (χ1n) is 6.52. The fraction of sp³-hybridized carbons (Fsp3) is 0.615. The molecule has 104 valence electrons. The molecule has 0 spiro atoms. The number of carbonyl (C=O) groups excluding carboxylic acids is 1. The number of aryl methyl sites for hydroxylation is 1. The van der Waals surface area contributed by atoms with E-state index in [9.17, 15) is 14.7 Å². The Balaban J connectivity index is 2.19. The van der Waals surface area contributed by atoms with Gasteiger partial charge in [0.2, 0.25) is 0 Å². The molecular weight excluding hydrogens is 248 g/mol. The van der Waals surface area contributed by atoms with Crippen molar-refractivity contribution in [3.63, 3.8) is 0 Å². The normalized spacial score (nSPS) is 18.6. The summed E-state index contributed by atoms with van der Waals surface area (Å²) in [4.78, 5) is 23.7. The predicted molar refractivity (Wildman–Crippen MR) is 66.8 cm³/mol. The summed E-state index contributed by atoms with van der Waals surface area (Å²) in [6.07, 6.45) is 5.91. The molecule has 0 unspecified atom stereocenters. The van der Waals surface area contributed by atoms with Crippen molar-refractivity contribution in [3.8, 4) is 0 Å². The van der Waals surface area contributed by atoms with Gasteiger partial charge in [-0.25, -0.2) is 4.79 Å². The van der Waals surface area contributed by atoms with Gasteiger partial charge < -0.3 is 14.9 Å². The van der Waals surface area contributed by atoms with Gasteiger partial charge in [-0.1, -0.05) is 30.8 Å². The highest BCUT2D eigenvalue weighted by Crippen LogP contribution is 2.28. The number of nitrogens with zero attached hydrogens (tertiary/aromatic N) is 1. The van der Waals surface area contributed by atoms with Gasteiger partial charge in [-0.15, -0.1) is 0 Å². The lowest BCUT2D eigenvalue weighted by molar-refractivity contribution is -0.145. The van der Waals surface area contributed by atoms with E-state index in [4.69, 9.17) is 4.52 Å². The minimum atomic E-state index is -1.16. The van der Waals surface area contributed by atoms with Crippen molar-refractivity contribution >= 4 is 11.9 Å². The molecular formula is C13H18N2O4. The molecule has 6 nitrogen and oxygen atoms in total. The largest absolute Gasteiger partial charge is 0.480 e. The van der Waals surface area contributed by atoms with Gasteiger partial charge in [-0.2, -0.15) is 0 Å². The van der Waals surface area contributed by atoms with Gasteiger partial charge in [-0.3, -0.25) is 4.79 Å². The molecule has 0 aromatic carbocycles. The molecule has 0 bridgehead atoms. The molecule has 1 saturated carbocycles. The molecule has 1 aromatic heterocycles. The quantitative estimate of drug-likeness (QED) is 0.815. The van der Waals surface area contributed by atoms with Crippen LogP contribution in [0.25, 0.3) is 0 Å². The molecule has 6 heteroatoms. The van der Waals surface area contributed by atoms with Gasteiger partial charge in [0.25, 0.3) is 5.91 Å². The SMILES string of the molecule is Cc1oncc1C(=O)NC1(C(=O)O)CCCCCC1. The van der Waals surface area contributed by atoms with E-state index in [1.807, 2.05) is 0 Å². The molecule has 2 rings (SSSR count). The van der Waals surface area contributed by atoms with Gasteiger partial charge in [0.15, 0.2) is 0 Å². The molecule has 19 heavy (non-hydrogen) atoms. The van der Waals surface area contributed by atoms with Crippen molar-refractivity contribution in [2.45, 2.75) is 51.0 Å². The minimum absolute atomic E-state index is 0.296. The van der Waals surface area contributed by atoms with Crippen LogP contribution >= 0.6 is 0 Å². The zero-order chi connectivity index (χ0) is 13.9. The van der Waals surface area contributed by atoms with Crippen molar-refractivity contribution in [2.75, 3.05) is 0 Å². The molecule has 0 saturated heterocycles. The number of aromatic nitrogens is 1. The van der Waals surface area contributed by atoms with E-state index in [0.29, 0.717) is 24.2 Å². The van der Waals surface area contributed by atoms with Crippen LogP contribution in [0, 0.1) is 6.92 Å². The fourth-order valence-electron chi connectivity index (χ4n) is 2.53. The second-order valence-electron chi connectivity index (χ2n) is 5.05. The van der Waals surface area contributed by atoms with Crippen LogP contribution < -0.4 is 5.32 Å². The third kappa shape index (κ3) is 2.77. The van der Waals surface area contributed by atoms with Crippen LogP contribution in [0.5, 0.6) is 0 Å². The third-order valence-electron chi connectivity index (χ3n) is 3.71. The van der Waals surface area contributed by atoms with Crippen LogP contribution in [-0.4, -0.2) is 27.7 Å². The lowest BCUT2D eigenvalue weighted by Crippen LogP contribution is -2.54. The lowest BCUT2D eigenvalue weighted by Gasteiger charge is -2.29. The Morgan fingerprint density at radius 1 is 1.32 bits per heavy atom. The summed E-state index contributed by atoms with van der Waals surface area (Å²) < 4.78 is 4.83. The summed E-state index contributed by atoms with van der Waals surface area (Å²) >= 11 is 0. The Hall–Kier alpha value is -1.85. The number of aliphatic carboxylic acids is 1. The van der Waals surface area contributed by atoms with Gasteiger partial charge >= 0.3 is 5.97 Å². The number of nitrogens with one attached hydrogen (secondary N) is 1. The van der Waals surface area contributed by atoms with E-state index in [0.717, 1.165) is 25.7 Å². The molecule has 0 atom stereocenters. The first-order valence-corrected chi connectivity index (χ1v) is 6.52. The molecule has 1 fully saturated rings. The van der Waals surface area contributed by atoms with Crippen LogP contribution in [-0.2, 0) is 4.79 Å². The van der Waals surface area contributed by atoms with E-state index in [1.54, 1.807) is 6.92 Å². The highest BCUT2D eigenvalue weighted by atomic mass is 16.5. The Labute approximate surface area is 111 Å². The second kappa shape index (κ2) is 5.42. The Morgan fingerprint density at radius 3 is 2.42 bits per heavy atom. The average Bonchev–Trinajstić information content (AvgIpc) is 2.64. The van der Waals surface area contributed by atoms with Crippen LogP contribution in [0.3, 0.4) is 0 Å². The maximum absolute atomic E-state index is 12.1. The molecule has 1 heterocycles. The predicted octanol–water partition coefficient (Wildman–Crippen LogP) is 1.89. The van der Waals surface area contributed by atoms with E-state index in [2.05, 4.69) is 10.5 Å². The maximum atomic E-state index is 12.1. The topological polar surface area (TPSA) is 92.4 Å². The Morgan fingerprint density at radius 2 is 1.95 bits per heavy atom. The zero-order valence-corrected chi connectivity index (χ0v) is 10.9. The van der Waals surface area contributed by atoms with Crippen molar-refractivity contribution < 1.29 is 19.2 Å². The van der Waals surface area contributed by atoms with Crippen molar-refractivity contribution in [2.24, 2.45) is 0 Å². The number of carbonyl (C=O) groups is 2. The first kappa shape index (κ1) is 13.6. The highest BCUT2D eigenvalue weighted by molar-refractivity contribution is 5.98. The van der Waals surface area contributed by atoms with E-state index in [-0.39, 0.29) is 0 Å². The summed E-state index contributed by atoms with van der Waals surface area (Å²) in [5, 5.41) is 15.7. The average molecular weight is 266 g/mol. The lowest BCUT2D eigenvalue weighted by atomic mass is 9.90. The van der Waals surface area contributed by atoms with Crippen molar-refractivity contribution in [1.82, 2.24) is 10.5 Å². The number of rotatable bonds is 3. The monoisotopic (exact) mass is 266 g/mol. The van der Waals surface area contributed by atoms with Crippen molar-refractivity contribution in [3.05, 3.63) is 17.5 Å². The molecule has 1 amide bonds. The number of carboxylic acid groups (broad SMARTS) is 1. The highest BCUT2D eigenvalue weighted by Gasteiger charge is 2.40. The Kier molecular flexibility index (Phi) is 3.87. The van der Waals surface area contributed by atoms with Crippen molar-refractivity contribution in [1.29, 1.82) is 0 Å². The van der Waals surface area contributed by atoms with Crippen LogP contribution in [0.2, 0.25) is 0 Å². The maximum Gasteiger partial charge on any atom is 0.329 e. The van der Waals surface area contributed by atoms with Gasteiger partial charge in [-0.05, 0) is 19.8 Å². The van der Waals surface area contributed by atoms with Crippen LogP contribution in [0.4, 0.5) is 0 Å². The van der Waals surface area contributed by atoms with Gasteiger partial charge in [0.1, 0.15) is 16.9 Å². The summed E-state index contributed by atoms with van der Waals surface area (Å²) in [6, 6.07) is 0. The second-order valence-corrected chi connectivity index (χ2v) is 5.05. The van der Waals surface area contributed by atoms with Crippen LogP contribution in [0.15, 0.2) is 10.7 Å². The first-order chi connectivity index (χ1) is 9.05. The summed E-state index contributed by atoms with van der Waals surface area (Å²) in [5.41, 5.74) is -0.859. The molecule has 0 radical (unpaired) electrons. The van der Waals surface area contributed by atoms with Crippen LogP contribution in [0.1, 0.15) is 54.6 Å². The fourth-order valence-corrected chi connectivity index (χ4v) is 2.53. The summed E-state index contributed by atoms with van der Waals surface area (Å²) in [6.45, 7) is 1.63. The molecule has 2 N–H and O–H groups in total.